The molecule has 0 saturated carbocycles. The van der Waals surface area contributed by atoms with Gasteiger partial charge in [0.2, 0.25) is 0 Å². The van der Waals surface area contributed by atoms with Crippen LogP contribution in [0.15, 0.2) is 34.4 Å². The van der Waals surface area contributed by atoms with Gasteiger partial charge in [-0.3, -0.25) is 9.98 Å². The largest absolute Gasteiger partial charge is 0.259 e. The quantitative estimate of drug-likeness (QED) is 0.585. The van der Waals surface area contributed by atoms with Crippen molar-refractivity contribution < 1.29 is 0 Å². The molecule has 2 rings (SSSR count). The van der Waals surface area contributed by atoms with Crippen LogP contribution in [-0.2, 0) is 0 Å². The van der Waals surface area contributed by atoms with Gasteiger partial charge in [-0.15, -0.1) is 0 Å². The van der Waals surface area contributed by atoms with Crippen LogP contribution in [0.25, 0.3) is 0 Å². The SMILES string of the molecule is C1=NC=NC1c1ccccn1. The third-order valence-corrected chi connectivity index (χ3v) is 1.51. The van der Waals surface area contributed by atoms with E-state index in [2.05, 4.69) is 15.0 Å². The van der Waals surface area contributed by atoms with Crippen molar-refractivity contribution in [2.45, 2.75) is 6.04 Å². The fraction of sp³-hybridized carbons (Fsp3) is 0.125. The lowest BCUT2D eigenvalue weighted by Gasteiger charge is -1.99. The molecule has 0 aromatic carbocycles. The summed E-state index contributed by atoms with van der Waals surface area (Å²) in [7, 11) is 0. The number of aromatic nitrogens is 1. The van der Waals surface area contributed by atoms with Crippen LogP contribution in [0.5, 0.6) is 0 Å². The van der Waals surface area contributed by atoms with Gasteiger partial charge in [0.1, 0.15) is 12.4 Å². The average molecular weight is 145 g/mol. The van der Waals surface area contributed by atoms with Crippen LogP contribution >= 0.6 is 0 Å². The smallest absolute Gasteiger partial charge is 0.129 e. The van der Waals surface area contributed by atoms with Crippen LogP contribution in [0.1, 0.15) is 11.7 Å². The Morgan fingerprint density at radius 2 is 2.27 bits per heavy atom. The highest BCUT2D eigenvalue weighted by molar-refractivity contribution is 5.82. The molecule has 0 amide bonds. The van der Waals surface area contributed by atoms with Gasteiger partial charge in [-0.2, -0.15) is 0 Å². The molecule has 1 aliphatic rings. The van der Waals surface area contributed by atoms with Crippen molar-refractivity contribution in [3.05, 3.63) is 30.1 Å². The molecule has 0 spiro atoms. The Kier molecular flexibility index (Phi) is 1.48. The lowest BCUT2D eigenvalue weighted by atomic mass is 10.2. The van der Waals surface area contributed by atoms with Crippen LogP contribution in [-0.4, -0.2) is 17.5 Å². The molecule has 3 nitrogen and oxygen atoms in total. The minimum atomic E-state index is 0.0381. The minimum Gasteiger partial charge on any atom is -0.259 e. The molecule has 2 heterocycles. The van der Waals surface area contributed by atoms with E-state index < -0.39 is 0 Å². The van der Waals surface area contributed by atoms with Crippen molar-refractivity contribution >= 4 is 12.6 Å². The van der Waals surface area contributed by atoms with Crippen LogP contribution in [0.4, 0.5) is 0 Å². The fourth-order valence-electron chi connectivity index (χ4n) is 0.972. The Morgan fingerprint density at radius 3 is 2.91 bits per heavy atom. The second-order valence-electron chi connectivity index (χ2n) is 2.26. The summed E-state index contributed by atoms with van der Waals surface area (Å²) in [5, 5.41) is 0. The summed E-state index contributed by atoms with van der Waals surface area (Å²) in [4.78, 5) is 12.1. The van der Waals surface area contributed by atoms with Gasteiger partial charge in [0.15, 0.2) is 0 Å². The lowest BCUT2D eigenvalue weighted by Crippen LogP contribution is -1.95. The standard InChI is InChI=1S/C8H7N3/c1-2-4-10-7(3-1)8-5-9-6-11-8/h1-6,8H. The van der Waals surface area contributed by atoms with Gasteiger partial charge in [0.05, 0.1) is 5.69 Å². The topological polar surface area (TPSA) is 37.6 Å². The Labute approximate surface area is 64.5 Å². The molecule has 1 atom stereocenters. The Morgan fingerprint density at radius 1 is 1.27 bits per heavy atom. The Balaban J connectivity index is 2.30. The molecular formula is C8H7N3. The summed E-state index contributed by atoms with van der Waals surface area (Å²) in [6, 6.07) is 5.82. The van der Waals surface area contributed by atoms with E-state index in [-0.39, 0.29) is 6.04 Å². The summed E-state index contributed by atoms with van der Waals surface area (Å²) >= 11 is 0. The normalized spacial score (nSPS) is 20.9. The van der Waals surface area contributed by atoms with E-state index in [1.165, 1.54) is 0 Å². The third-order valence-electron chi connectivity index (χ3n) is 1.51. The summed E-state index contributed by atoms with van der Waals surface area (Å²) in [5.41, 5.74) is 0.949. The second-order valence-corrected chi connectivity index (χ2v) is 2.26. The molecular weight excluding hydrogens is 138 g/mol. The maximum Gasteiger partial charge on any atom is 0.129 e. The molecule has 1 aromatic rings. The monoisotopic (exact) mass is 145 g/mol. The van der Waals surface area contributed by atoms with Crippen molar-refractivity contribution in [1.82, 2.24) is 4.98 Å². The molecule has 3 heteroatoms. The first-order chi connectivity index (χ1) is 5.47. The van der Waals surface area contributed by atoms with Crippen LogP contribution < -0.4 is 0 Å². The maximum atomic E-state index is 4.16. The van der Waals surface area contributed by atoms with E-state index in [1.54, 1.807) is 18.7 Å². The third kappa shape index (κ3) is 1.17. The van der Waals surface area contributed by atoms with Crippen molar-refractivity contribution in [3.8, 4) is 0 Å². The van der Waals surface area contributed by atoms with Gasteiger partial charge in [0.25, 0.3) is 0 Å². The van der Waals surface area contributed by atoms with E-state index >= 15 is 0 Å². The predicted octanol–water partition coefficient (Wildman–Crippen LogP) is 1.24. The molecule has 1 aliphatic heterocycles. The molecule has 0 N–H and O–H groups in total. The number of nitrogens with zero attached hydrogens (tertiary/aromatic N) is 3. The van der Waals surface area contributed by atoms with E-state index in [0.29, 0.717) is 0 Å². The molecule has 0 bridgehead atoms. The highest BCUT2D eigenvalue weighted by Gasteiger charge is 2.08. The van der Waals surface area contributed by atoms with E-state index in [4.69, 9.17) is 0 Å². The molecule has 0 radical (unpaired) electrons. The second kappa shape index (κ2) is 2.62. The molecule has 11 heavy (non-hydrogen) atoms. The summed E-state index contributed by atoms with van der Waals surface area (Å²) in [6.07, 6.45) is 5.10. The summed E-state index contributed by atoms with van der Waals surface area (Å²) in [6.45, 7) is 0. The van der Waals surface area contributed by atoms with E-state index in [0.717, 1.165) is 5.69 Å². The zero-order valence-corrected chi connectivity index (χ0v) is 5.88. The van der Waals surface area contributed by atoms with Gasteiger partial charge < -0.3 is 0 Å². The van der Waals surface area contributed by atoms with Gasteiger partial charge in [-0.25, -0.2) is 4.99 Å². The average Bonchev–Trinajstić information content (AvgIpc) is 2.58. The zero-order valence-electron chi connectivity index (χ0n) is 5.88. The van der Waals surface area contributed by atoms with Crippen molar-refractivity contribution in [2.75, 3.05) is 0 Å². The van der Waals surface area contributed by atoms with Crippen molar-refractivity contribution in [1.29, 1.82) is 0 Å². The first kappa shape index (κ1) is 6.22. The lowest BCUT2D eigenvalue weighted by molar-refractivity contribution is 0.942. The van der Waals surface area contributed by atoms with Gasteiger partial charge in [0, 0.05) is 12.4 Å². The van der Waals surface area contributed by atoms with Crippen LogP contribution in [0.2, 0.25) is 0 Å². The van der Waals surface area contributed by atoms with Crippen molar-refractivity contribution in [2.24, 2.45) is 9.98 Å². The number of hydrogen-bond acceptors (Lipinski definition) is 3. The molecule has 1 unspecified atom stereocenters. The molecule has 0 fully saturated rings. The maximum absolute atomic E-state index is 4.16. The molecule has 54 valence electrons. The summed E-state index contributed by atoms with van der Waals surface area (Å²) in [5.74, 6) is 0. The minimum absolute atomic E-state index is 0.0381. The Bertz CT molecular complexity index is 277. The number of pyridine rings is 1. The first-order valence-corrected chi connectivity index (χ1v) is 3.43. The highest BCUT2D eigenvalue weighted by Crippen LogP contribution is 2.13. The van der Waals surface area contributed by atoms with Gasteiger partial charge in [-0.1, -0.05) is 6.07 Å². The fourth-order valence-corrected chi connectivity index (χ4v) is 0.972. The predicted molar refractivity (Wildman–Crippen MR) is 44.0 cm³/mol. The number of aliphatic imine (C=N–C) groups is 2. The zero-order chi connectivity index (χ0) is 7.52. The number of rotatable bonds is 1. The van der Waals surface area contributed by atoms with Gasteiger partial charge >= 0.3 is 0 Å². The molecule has 0 aliphatic carbocycles. The molecule has 0 saturated heterocycles. The first-order valence-electron chi connectivity index (χ1n) is 3.43. The summed E-state index contributed by atoms with van der Waals surface area (Å²) < 4.78 is 0. The van der Waals surface area contributed by atoms with Crippen LogP contribution in [0.3, 0.4) is 0 Å². The number of hydrogen-bond donors (Lipinski definition) is 0. The van der Waals surface area contributed by atoms with Crippen molar-refractivity contribution in [3.63, 3.8) is 0 Å². The van der Waals surface area contributed by atoms with Gasteiger partial charge in [-0.05, 0) is 12.1 Å². The van der Waals surface area contributed by atoms with E-state index in [1.807, 2.05) is 18.2 Å². The van der Waals surface area contributed by atoms with E-state index in [9.17, 15) is 0 Å². The van der Waals surface area contributed by atoms with Crippen LogP contribution in [0, 0.1) is 0 Å². The highest BCUT2D eigenvalue weighted by atomic mass is 15.0. The molecule has 1 aromatic heterocycles. The Hall–Kier alpha value is -1.51.